The van der Waals surface area contributed by atoms with Crippen molar-refractivity contribution in [1.29, 1.82) is 0 Å². The van der Waals surface area contributed by atoms with Crippen LogP contribution in [0.2, 0.25) is 0 Å². The Bertz CT molecular complexity index is 332. The van der Waals surface area contributed by atoms with Gasteiger partial charge in [0.25, 0.3) is 0 Å². The Kier molecular flexibility index (Phi) is 3.68. The molecule has 70 valence electrons. The van der Waals surface area contributed by atoms with Gasteiger partial charge in [0.15, 0.2) is 5.03 Å². The third kappa shape index (κ3) is 2.67. The van der Waals surface area contributed by atoms with E-state index in [1.165, 1.54) is 17.8 Å². The summed E-state index contributed by atoms with van der Waals surface area (Å²) in [6.07, 6.45) is 1.56. The Morgan fingerprint density at radius 3 is 3.00 bits per heavy atom. The minimum Gasteiger partial charge on any atom is -0.258 e. The van der Waals surface area contributed by atoms with Gasteiger partial charge in [-0.15, -0.1) is 0 Å². The van der Waals surface area contributed by atoms with Gasteiger partial charge in [-0.2, -0.15) is 0 Å². The van der Waals surface area contributed by atoms with E-state index >= 15 is 0 Å². The highest BCUT2D eigenvalue weighted by Gasteiger charge is 2.15. The Morgan fingerprint density at radius 2 is 2.46 bits per heavy atom. The quantitative estimate of drug-likeness (QED) is 0.478. The molecule has 0 aliphatic rings. The highest BCUT2D eigenvalue weighted by molar-refractivity contribution is 9.10. The van der Waals surface area contributed by atoms with Gasteiger partial charge in [0.1, 0.15) is 0 Å². The van der Waals surface area contributed by atoms with E-state index in [-0.39, 0.29) is 5.69 Å². The topological polar surface area (TPSA) is 56.0 Å². The van der Waals surface area contributed by atoms with Crippen molar-refractivity contribution in [3.8, 4) is 0 Å². The van der Waals surface area contributed by atoms with Gasteiger partial charge in [0, 0.05) is 16.7 Å². The van der Waals surface area contributed by atoms with E-state index in [1.807, 2.05) is 6.92 Å². The first-order chi connectivity index (χ1) is 6.15. The van der Waals surface area contributed by atoms with Gasteiger partial charge in [-0.3, -0.25) is 10.1 Å². The van der Waals surface area contributed by atoms with Crippen LogP contribution in [-0.2, 0) is 0 Å². The summed E-state index contributed by atoms with van der Waals surface area (Å²) in [6, 6.07) is 1.46. The highest BCUT2D eigenvalue weighted by Crippen LogP contribution is 2.28. The molecule has 0 aliphatic carbocycles. The summed E-state index contributed by atoms with van der Waals surface area (Å²) in [5, 5.41) is 11.0. The molecule has 13 heavy (non-hydrogen) atoms. The Morgan fingerprint density at radius 1 is 1.77 bits per heavy atom. The first-order valence-electron chi connectivity index (χ1n) is 3.58. The molecule has 6 heteroatoms. The lowest BCUT2D eigenvalue weighted by Gasteiger charge is -1.99. The molecule has 4 nitrogen and oxygen atoms in total. The summed E-state index contributed by atoms with van der Waals surface area (Å²) >= 11 is 4.50. The molecule has 0 atom stereocenters. The van der Waals surface area contributed by atoms with Gasteiger partial charge in [-0.25, -0.2) is 4.98 Å². The minimum atomic E-state index is -0.421. The molecule has 0 unspecified atom stereocenters. The number of nitrogens with zero attached hydrogens (tertiary/aromatic N) is 2. The summed E-state index contributed by atoms with van der Waals surface area (Å²) < 4.78 is 0.625. The second-order valence-electron chi connectivity index (χ2n) is 2.17. The molecule has 1 aromatic heterocycles. The summed E-state index contributed by atoms with van der Waals surface area (Å²) in [7, 11) is 0. The smallest absolute Gasteiger partial charge is 0.258 e. The lowest BCUT2D eigenvalue weighted by molar-refractivity contribution is -0.388. The fourth-order valence-electron chi connectivity index (χ4n) is 0.795. The van der Waals surface area contributed by atoms with Gasteiger partial charge in [0.05, 0.1) is 4.92 Å². The van der Waals surface area contributed by atoms with Gasteiger partial charge in [-0.05, 0) is 21.7 Å². The van der Waals surface area contributed by atoms with Crippen molar-refractivity contribution in [3.05, 3.63) is 26.9 Å². The van der Waals surface area contributed by atoms with E-state index in [0.29, 0.717) is 9.50 Å². The largest absolute Gasteiger partial charge is 0.302 e. The summed E-state index contributed by atoms with van der Waals surface area (Å²) in [4.78, 5) is 14.1. The van der Waals surface area contributed by atoms with Crippen LogP contribution in [0.25, 0.3) is 0 Å². The zero-order chi connectivity index (χ0) is 9.84. The number of nitro groups is 1. The zero-order valence-corrected chi connectivity index (χ0v) is 9.26. The summed E-state index contributed by atoms with van der Waals surface area (Å²) in [5.74, 6) is 0.773. The molecule has 0 aromatic carbocycles. The standard InChI is InChI=1S/C7H7BrN2O2S/c1-2-13-7-6(10(11)12)3-5(8)4-9-7/h3-4H,2H2,1H3. The van der Waals surface area contributed by atoms with Crippen LogP contribution >= 0.6 is 27.7 Å². The number of thioether (sulfide) groups is 1. The van der Waals surface area contributed by atoms with Crippen molar-refractivity contribution < 1.29 is 4.92 Å². The van der Waals surface area contributed by atoms with E-state index in [4.69, 9.17) is 0 Å². The fraction of sp³-hybridized carbons (Fsp3) is 0.286. The third-order valence-electron chi connectivity index (χ3n) is 1.28. The van der Waals surface area contributed by atoms with E-state index in [1.54, 1.807) is 6.20 Å². The van der Waals surface area contributed by atoms with Gasteiger partial charge < -0.3 is 0 Å². The van der Waals surface area contributed by atoms with Crippen LogP contribution in [0.3, 0.4) is 0 Å². The molecule has 1 aromatic rings. The number of pyridine rings is 1. The molecule has 0 N–H and O–H groups in total. The van der Waals surface area contributed by atoms with Crippen LogP contribution in [0.4, 0.5) is 5.69 Å². The maximum absolute atomic E-state index is 10.6. The van der Waals surface area contributed by atoms with Crippen LogP contribution in [0.1, 0.15) is 6.92 Å². The average Bonchev–Trinajstić information content (AvgIpc) is 2.08. The Labute approximate surface area is 88.0 Å². The van der Waals surface area contributed by atoms with E-state index in [0.717, 1.165) is 5.75 Å². The van der Waals surface area contributed by atoms with Crippen LogP contribution < -0.4 is 0 Å². The van der Waals surface area contributed by atoms with Crippen molar-refractivity contribution in [2.75, 3.05) is 5.75 Å². The molecular formula is C7H7BrN2O2S. The molecule has 0 saturated heterocycles. The maximum Gasteiger partial charge on any atom is 0.302 e. The third-order valence-corrected chi connectivity index (χ3v) is 2.59. The molecule has 0 fully saturated rings. The number of hydrogen-bond donors (Lipinski definition) is 0. The Balaban J connectivity index is 3.10. The number of halogens is 1. The van der Waals surface area contributed by atoms with Crippen molar-refractivity contribution in [3.63, 3.8) is 0 Å². The van der Waals surface area contributed by atoms with E-state index < -0.39 is 4.92 Å². The molecule has 1 rings (SSSR count). The lowest BCUT2D eigenvalue weighted by atomic mass is 10.4. The van der Waals surface area contributed by atoms with Crippen LogP contribution in [0.5, 0.6) is 0 Å². The lowest BCUT2D eigenvalue weighted by Crippen LogP contribution is -1.93. The average molecular weight is 263 g/mol. The van der Waals surface area contributed by atoms with Crippen molar-refractivity contribution >= 4 is 33.4 Å². The molecular weight excluding hydrogens is 256 g/mol. The Hall–Kier alpha value is -0.620. The van der Waals surface area contributed by atoms with Gasteiger partial charge in [-0.1, -0.05) is 18.7 Å². The van der Waals surface area contributed by atoms with Crippen molar-refractivity contribution in [1.82, 2.24) is 4.98 Å². The first kappa shape index (κ1) is 10.5. The fourth-order valence-corrected chi connectivity index (χ4v) is 1.80. The normalized spacial score (nSPS) is 10.0. The predicted molar refractivity (Wildman–Crippen MR) is 55.0 cm³/mol. The minimum absolute atomic E-state index is 0.0567. The van der Waals surface area contributed by atoms with Crippen LogP contribution in [-0.4, -0.2) is 15.7 Å². The molecule has 0 amide bonds. The second-order valence-corrected chi connectivity index (χ2v) is 4.34. The number of aromatic nitrogens is 1. The van der Waals surface area contributed by atoms with E-state index in [2.05, 4.69) is 20.9 Å². The molecule has 0 aliphatic heterocycles. The second kappa shape index (κ2) is 4.57. The predicted octanol–water partition coefficient (Wildman–Crippen LogP) is 2.86. The van der Waals surface area contributed by atoms with Crippen molar-refractivity contribution in [2.45, 2.75) is 11.9 Å². The monoisotopic (exact) mass is 262 g/mol. The van der Waals surface area contributed by atoms with Gasteiger partial charge >= 0.3 is 5.69 Å². The van der Waals surface area contributed by atoms with E-state index in [9.17, 15) is 10.1 Å². The number of hydrogen-bond acceptors (Lipinski definition) is 4. The molecule has 0 bridgehead atoms. The first-order valence-corrected chi connectivity index (χ1v) is 5.35. The SMILES string of the molecule is CCSc1ncc(Br)cc1[N+](=O)[O-]. The van der Waals surface area contributed by atoms with Crippen molar-refractivity contribution in [2.24, 2.45) is 0 Å². The summed E-state index contributed by atoms with van der Waals surface area (Å²) in [6.45, 7) is 1.93. The molecule has 0 saturated carbocycles. The highest BCUT2D eigenvalue weighted by atomic mass is 79.9. The molecule has 0 spiro atoms. The number of rotatable bonds is 3. The maximum atomic E-state index is 10.6. The van der Waals surface area contributed by atoms with Crippen LogP contribution in [0.15, 0.2) is 21.8 Å². The molecule has 0 radical (unpaired) electrons. The van der Waals surface area contributed by atoms with Gasteiger partial charge in [0.2, 0.25) is 0 Å². The zero-order valence-electron chi connectivity index (χ0n) is 6.86. The summed E-state index contributed by atoms with van der Waals surface area (Å²) in [5.41, 5.74) is 0.0567. The van der Waals surface area contributed by atoms with Crippen LogP contribution in [0, 0.1) is 10.1 Å². The molecule has 1 heterocycles.